The molecule has 5 nitrogen and oxygen atoms in total. The van der Waals surface area contributed by atoms with E-state index in [1.54, 1.807) is 19.1 Å². The lowest BCUT2D eigenvalue weighted by Crippen LogP contribution is -2.23. The maximum atomic E-state index is 12.4. The third kappa shape index (κ3) is 5.11. The number of nitrogens with one attached hydrogen (secondary N) is 2. The molecule has 1 atom stereocenters. The summed E-state index contributed by atoms with van der Waals surface area (Å²) in [6.45, 7) is 5.70. The molecule has 0 bridgehead atoms. The van der Waals surface area contributed by atoms with Crippen molar-refractivity contribution in [2.45, 2.75) is 44.0 Å². The lowest BCUT2D eigenvalue weighted by molar-refractivity contribution is -0.115. The number of hydrogen-bond donors (Lipinski definition) is 2. The molecule has 0 saturated heterocycles. The van der Waals surface area contributed by atoms with Crippen molar-refractivity contribution in [2.75, 3.05) is 5.32 Å². The van der Waals surface area contributed by atoms with E-state index >= 15 is 0 Å². The van der Waals surface area contributed by atoms with Gasteiger partial charge in [0.25, 0.3) is 5.56 Å². The molecular formula is C17H20ClN3O2S. The van der Waals surface area contributed by atoms with Gasteiger partial charge in [0.2, 0.25) is 5.91 Å². The number of H-pyrrole nitrogens is 1. The van der Waals surface area contributed by atoms with Crippen LogP contribution in [0.2, 0.25) is 5.02 Å². The SMILES string of the molecule is CCCc1cc(=O)[nH]c(SC(C)C(=O)Nc2cc(Cl)ccc2C)n1. The molecule has 0 spiro atoms. The molecule has 1 amide bonds. The van der Waals surface area contributed by atoms with Gasteiger partial charge in [-0.2, -0.15) is 0 Å². The molecule has 1 aromatic carbocycles. The number of halogens is 1. The fourth-order valence-corrected chi connectivity index (χ4v) is 3.11. The second kappa shape index (κ2) is 8.35. The zero-order chi connectivity index (χ0) is 17.7. The molecule has 0 aliphatic rings. The molecule has 2 N–H and O–H groups in total. The number of thioether (sulfide) groups is 1. The molecule has 24 heavy (non-hydrogen) atoms. The Morgan fingerprint density at radius 2 is 2.17 bits per heavy atom. The van der Waals surface area contributed by atoms with Crippen LogP contribution in [-0.2, 0) is 11.2 Å². The van der Waals surface area contributed by atoms with E-state index in [1.165, 1.54) is 17.8 Å². The maximum absolute atomic E-state index is 12.4. The minimum Gasteiger partial charge on any atom is -0.325 e. The summed E-state index contributed by atoms with van der Waals surface area (Å²) in [4.78, 5) is 31.1. The average Bonchev–Trinajstić information content (AvgIpc) is 2.50. The summed E-state index contributed by atoms with van der Waals surface area (Å²) in [5.74, 6) is -0.172. The zero-order valence-electron chi connectivity index (χ0n) is 13.9. The number of nitrogens with zero attached hydrogens (tertiary/aromatic N) is 1. The first-order valence-corrected chi connectivity index (χ1v) is 8.98. The molecule has 0 radical (unpaired) electrons. The molecule has 0 aliphatic carbocycles. The molecule has 2 aromatic rings. The molecule has 128 valence electrons. The molecular weight excluding hydrogens is 346 g/mol. The number of aromatic amines is 1. The Balaban J connectivity index is 2.09. The third-order valence-corrected chi connectivity index (χ3v) is 4.61. The van der Waals surface area contributed by atoms with E-state index in [0.29, 0.717) is 15.9 Å². The van der Waals surface area contributed by atoms with Gasteiger partial charge in [-0.05, 0) is 38.0 Å². The third-order valence-electron chi connectivity index (χ3n) is 3.39. The minimum absolute atomic E-state index is 0.172. The average molecular weight is 366 g/mol. The van der Waals surface area contributed by atoms with Crippen molar-refractivity contribution in [3.05, 3.63) is 50.9 Å². The minimum atomic E-state index is -0.414. The highest BCUT2D eigenvalue weighted by Crippen LogP contribution is 2.23. The van der Waals surface area contributed by atoms with Gasteiger partial charge in [-0.25, -0.2) is 4.98 Å². The zero-order valence-corrected chi connectivity index (χ0v) is 15.4. The van der Waals surface area contributed by atoms with Crippen LogP contribution in [0.4, 0.5) is 5.69 Å². The van der Waals surface area contributed by atoms with Crippen molar-refractivity contribution < 1.29 is 4.79 Å². The van der Waals surface area contributed by atoms with Gasteiger partial charge in [0, 0.05) is 22.5 Å². The van der Waals surface area contributed by atoms with Crippen LogP contribution in [-0.4, -0.2) is 21.1 Å². The highest BCUT2D eigenvalue weighted by Gasteiger charge is 2.17. The lowest BCUT2D eigenvalue weighted by Gasteiger charge is -2.13. The van der Waals surface area contributed by atoms with Crippen molar-refractivity contribution in [2.24, 2.45) is 0 Å². The molecule has 0 fully saturated rings. The number of rotatable bonds is 6. The first-order chi connectivity index (χ1) is 11.4. The Bertz CT molecular complexity index is 792. The highest BCUT2D eigenvalue weighted by atomic mass is 35.5. The van der Waals surface area contributed by atoms with Crippen LogP contribution in [0, 0.1) is 6.92 Å². The Morgan fingerprint density at radius 3 is 2.88 bits per heavy atom. The van der Waals surface area contributed by atoms with Crippen molar-refractivity contribution >= 4 is 35.0 Å². The van der Waals surface area contributed by atoms with Crippen molar-refractivity contribution in [3.63, 3.8) is 0 Å². The van der Waals surface area contributed by atoms with Crippen LogP contribution in [0.15, 0.2) is 34.2 Å². The van der Waals surface area contributed by atoms with E-state index < -0.39 is 5.25 Å². The standard InChI is InChI=1S/C17H20ClN3O2S/c1-4-5-13-9-15(22)21-17(19-13)24-11(3)16(23)20-14-8-12(18)7-6-10(14)2/h6-9,11H,4-5H2,1-3H3,(H,20,23)(H,19,21,22). The summed E-state index contributed by atoms with van der Waals surface area (Å²) in [5.41, 5.74) is 2.15. The fourth-order valence-electron chi connectivity index (χ4n) is 2.11. The second-order valence-corrected chi connectivity index (χ2v) is 7.27. The van der Waals surface area contributed by atoms with Crippen LogP contribution in [0.5, 0.6) is 0 Å². The predicted molar refractivity (Wildman–Crippen MR) is 99.0 cm³/mol. The summed E-state index contributed by atoms with van der Waals surface area (Å²) in [5, 5.41) is 3.47. The van der Waals surface area contributed by atoms with E-state index in [9.17, 15) is 9.59 Å². The van der Waals surface area contributed by atoms with Gasteiger partial charge in [-0.3, -0.25) is 9.59 Å². The van der Waals surface area contributed by atoms with E-state index in [4.69, 9.17) is 11.6 Å². The fraction of sp³-hybridized carbons (Fsp3) is 0.353. The summed E-state index contributed by atoms with van der Waals surface area (Å²) < 4.78 is 0. The molecule has 0 aliphatic heterocycles. The molecule has 1 aromatic heterocycles. The summed E-state index contributed by atoms with van der Waals surface area (Å²) in [6, 6.07) is 6.84. The van der Waals surface area contributed by atoms with Crippen LogP contribution >= 0.6 is 23.4 Å². The molecule has 2 rings (SSSR count). The number of hydrogen-bond acceptors (Lipinski definition) is 4. The van der Waals surface area contributed by atoms with Crippen molar-refractivity contribution in [3.8, 4) is 0 Å². The largest absolute Gasteiger partial charge is 0.325 e. The van der Waals surface area contributed by atoms with Gasteiger partial charge in [-0.15, -0.1) is 0 Å². The number of aromatic nitrogens is 2. The van der Waals surface area contributed by atoms with E-state index in [2.05, 4.69) is 15.3 Å². The Labute approximate surface area is 150 Å². The quantitative estimate of drug-likeness (QED) is 0.603. The van der Waals surface area contributed by atoms with Crippen LogP contribution in [0.3, 0.4) is 0 Å². The van der Waals surface area contributed by atoms with Gasteiger partial charge in [0.15, 0.2) is 5.16 Å². The molecule has 1 heterocycles. The monoisotopic (exact) mass is 365 g/mol. The number of aryl methyl sites for hydroxylation is 2. The Kier molecular flexibility index (Phi) is 6.45. The number of carbonyl (C=O) groups is 1. The second-order valence-electron chi connectivity index (χ2n) is 5.50. The molecule has 7 heteroatoms. The normalized spacial score (nSPS) is 12.0. The van der Waals surface area contributed by atoms with E-state index in [-0.39, 0.29) is 11.5 Å². The molecule has 0 saturated carbocycles. The van der Waals surface area contributed by atoms with Gasteiger partial charge in [-0.1, -0.05) is 42.8 Å². The predicted octanol–water partition coefficient (Wildman–Crippen LogP) is 3.80. The van der Waals surface area contributed by atoms with Gasteiger partial charge in [0.05, 0.1) is 5.25 Å². The first-order valence-electron chi connectivity index (χ1n) is 7.73. The van der Waals surface area contributed by atoms with E-state index in [0.717, 1.165) is 24.1 Å². The topological polar surface area (TPSA) is 74.8 Å². The van der Waals surface area contributed by atoms with E-state index in [1.807, 2.05) is 19.9 Å². The number of amides is 1. The number of carbonyl (C=O) groups excluding carboxylic acids is 1. The highest BCUT2D eigenvalue weighted by molar-refractivity contribution is 8.00. The van der Waals surface area contributed by atoms with Gasteiger partial charge >= 0.3 is 0 Å². The summed E-state index contributed by atoms with van der Waals surface area (Å²) >= 11 is 7.19. The molecule has 1 unspecified atom stereocenters. The maximum Gasteiger partial charge on any atom is 0.251 e. The Morgan fingerprint density at radius 1 is 1.42 bits per heavy atom. The van der Waals surface area contributed by atoms with Crippen molar-refractivity contribution in [1.82, 2.24) is 9.97 Å². The lowest BCUT2D eigenvalue weighted by atomic mass is 10.2. The van der Waals surface area contributed by atoms with Crippen molar-refractivity contribution in [1.29, 1.82) is 0 Å². The van der Waals surface area contributed by atoms with Crippen LogP contribution < -0.4 is 10.9 Å². The smallest absolute Gasteiger partial charge is 0.251 e. The van der Waals surface area contributed by atoms with Crippen LogP contribution in [0.1, 0.15) is 31.5 Å². The van der Waals surface area contributed by atoms with Crippen LogP contribution in [0.25, 0.3) is 0 Å². The number of benzene rings is 1. The summed E-state index contributed by atoms with van der Waals surface area (Å²) in [6.07, 6.45) is 1.64. The summed E-state index contributed by atoms with van der Waals surface area (Å²) in [7, 11) is 0. The first kappa shape index (κ1) is 18.5. The van der Waals surface area contributed by atoms with Gasteiger partial charge < -0.3 is 10.3 Å². The number of anilines is 1. The Hall–Kier alpha value is -1.79. The van der Waals surface area contributed by atoms with Gasteiger partial charge in [0.1, 0.15) is 0 Å².